The van der Waals surface area contributed by atoms with Gasteiger partial charge in [0.05, 0.1) is 5.82 Å². The molecule has 0 aromatic rings. The van der Waals surface area contributed by atoms with Crippen LogP contribution in [0, 0.1) is 0 Å². The van der Waals surface area contributed by atoms with E-state index in [2.05, 4.69) is 44.5 Å². The molecule has 0 aliphatic carbocycles. The molecule has 0 atom stereocenters. The van der Waals surface area contributed by atoms with Gasteiger partial charge in [-0.15, -0.1) is 0 Å². The first kappa shape index (κ1) is 11.3. The van der Waals surface area contributed by atoms with Crippen LogP contribution < -0.4 is 5.32 Å². The summed E-state index contributed by atoms with van der Waals surface area (Å²) in [6.07, 6.45) is 1.17. The van der Waals surface area contributed by atoms with Crippen LogP contribution in [0.1, 0.15) is 34.1 Å². The van der Waals surface area contributed by atoms with Crippen molar-refractivity contribution in [1.82, 2.24) is 10.2 Å². The topological polar surface area (TPSA) is 15.3 Å². The Morgan fingerprint density at radius 1 is 1.42 bits per heavy atom. The molecular weight excluding hydrogens is 148 g/mol. The molecular formula is C10H22N2. The van der Waals surface area contributed by atoms with Gasteiger partial charge in [-0.25, -0.2) is 0 Å². The molecule has 0 saturated heterocycles. The number of rotatable bonds is 6. The second-order valence-corrected chi connectivity index (χ2v) is 3.26. The van der Waals surface area contributed by atoms with Crippen molar-refractivity contribution < 1.29 is 0 Å². The van der Waals surface area contributed by atoms with Crippen molar-refractivity contribution >= 4 is 0 Å². The maximum Gasteiger partial charge on any atom is 0.0940 e. The molecule has 0 heterocycles. The van der Waals surface area contributed by atoms with Crippen LogP contribution in [0.3, 0.4) is 0 Å². The van der Waals surface area contributed by atoms with Gasteiger partial charge in [-0.05, 0) is 27.2 Å². The summed E-state index contributed by atoms with van der Waals surface area (Å²) < 4.78 is 0. The number of nitrogens with one attached hydrogen (secondary N) is 1. The van der Waals surface area contributed by atoms with E-state index in [1.165, 1.54) is 6.42 Å². The summed E-state index contributed by atoms with van der Waals surface area (Å²) in [4.78, 5) is 2.30. The molecule has 0 bridgehead atoms. The summed E-state index contributed by atoms with van der Waals surface area (Å²) in [5, 5.41) is 3.24. The van der Waals surface area contributed by atoms with Gasteiger partial charge in [0.25, 0.3) is 0 Å². The summed E-state index contributed by atoms with van der Waals surface area (Å²) in [6, 6.07) is 0.538. The van der Waals surface area contributed by atoms with Crippen molar-refractivity contribution in [3.8, 4) is 0 Å². The van der Waals surface area contributed by atoms with E-state index in [1.807, 2.05) is 0 Å². The van der Waals surface area contributed by atoms with E-state index < -0.39 is 0 Å². The highest BCUT2D eigenvalue weighted by molar-refractivity contribution is 4.92. The zero-order chi connectivity index (χ0) is 9.56. The lowest BCUT2D eigenvalue weighted by Crippen LogP contribution is -2.36. The Morgan fingerprint density at radius 3 is 2.33 bits per heavy atom. The quantitative estimate of drug-likeness (QED) is 0.657. The fourth-order valence-electron chi connectivity index (χ4n) is 1.25. The lowest BCUT2D eigenvalue weighted by atomic mass is 10.3. The minimum absolute atomic E-state index is 0.538. The van der Waals surface area contributed by atoms with Gasteiger partial charge in [0.15, 0.2) is 0 Å². The average Bonchev–Trinajstić information content (AvgIpc) is 1.99. The second kappa shape index (κ2) is 5.92. The minimum atomic E-state index is 0.538. The Morgan fingerprint density at radius 2 is 2.00 bits per heavy atom. The van der Waals surface area contributed by atoms with Crippen molar-refractivity contribution in [2.45, 2.75) is 40.2 Å². The molecule has 12 heavy (non-hydrogen) atoms. The first-order valence-corrected chi connectivity index (χ1v) is 4.82. The largest absolute Gasteiger partial charge is 0.373 e. The van der Waals surface area contributed by atoms with Crippen LogP contribution in [-0.2, 0) is 0 Å². The fraction of sp³-hybridized carbons (Fsp3) is 0.800. The van der Waals surface area contributed by atoms with Gasteiger partial charge in [-0.1, -0.05) is 13.5 Å². The van der Waals surface area contributed by atoms with Gasteiger partial charge in [0, 0.05) is 19.1 Å². The van der Waals surface area contributed by atoms with Crippen molar-refractivity contribution in [2.75, 3.05) is 13.1 Å². The van der Waals surface area contributed by atoms with E-state index in [0.717, 1.165) is 18.9 Å². The van der Waals surface area contributed by atoms with Gasteiger partial charge in [-0.2, -0.15) is 0 Å². The smallest absolute Gasteiger partial charge is 0.0940 e. The standard InChI is InChI=1S/C10H22N2/c1-6-8-12(9(3)4)10(5)11-7-2/h9,11H,5-8H2,1-4H3. The van der Waals surface area contributed by atoms with Crippen LogP contribution in [0.2, 0.25) is 0 Å². The fourth-order valence-corrected chi connectivity index (χ4v) is 1.25. The van der Waals surface area contributed by atoms with Crippen molar-refractivity contribution in [2.24, 2.45) is 0 Å². The summed E-state index contributed by atoms with van der Waals surface area (Å²) in [5.74, 6) is 1.05. The molecule has 0 fully saturated rings. The summed E-state index contributed by atoms with van der Waals surface area (Å²) >= 11 is 0. The van der Waals surface area contributed by atoms with Crippen LogP contribution in [0.5, 0.6) is 0 Å². The van der Waals surface area contributed by atoms with E-state index in [0.29, 0.717) is 6.04 Å². The Labute approximate surface area is 76.6 Å². The molecule has 0 spiro atoms. The second-order valence-electron chi connectivity index (χ2n) is 3.26. The molecule has 0 unspecified atom stereocenters. The normalized spacial score (nSPS) is 10.1. The molecule has 0 aliphatic rings. The summed E-state index contributed by atoms with van der Waals surface area (Å²) in [7, 11) is 0. The molecule has 0 amide bonds. The Balaban J connectivity index is 4.00. The maximum absolute atomic E-state index is 4.00. The number of hydrogen-bond acceptors (Lipinski definition) is 2. The van der Waals surface area contributed by atoms with Crippen LogP contribution in [0.25, 0.3) is 0 Å². The van der Waals surface area contributed by atoms with Crippen LogP contribution in [-0.4, -0.2) is 24.0 Å². The van der Waals surface area contributed by atoms with Gasteiger partial charge >= 0.3 is 0 Å². The average molecular weight is 170 g/mol. The highest BCUT2D eigenvalue weighted by Gasteiger charge is 2.08. The number of nitrogens with zero attached hydrogens (tertiary/aromatic N) is 1. The molecule has 2 nitrogen and oxygen atoms in total. The monoisotopic (exact) mass is 170 g/mol. The third-order valence-electron chi connectivity index (χ3n) is 1.82. The van der Waals surface area contributed by atoms with E-state index in [9.17, 15) is 0 Å². The van der Waals surface area contributed by atoms with Crippen LogP contribution in [0.15, 0.2) is 12.4 Å². The highest BCUT2D eigenvalue weighted by Crippen LogP contribution is 2.05. The predicted molar refractivity (Wildman–Crippen MR) is 54.9 cm³/mol. The van der Waals surface area contributed by atoms with E-state index >= 15 is 0 Å². The van der Waals surface area contributed by atoms with E-state index in [4.69, 9.17) is 0 Å². The van der Waals surface area contributed by atoms with E-state index in [-0.39, 0.29) is 0 Å². The first-order chi connectivity index (χ1) is 5.63. The summed E-state index contributed by atoms with van der Waals surface area (Å²) in [6.45, 7) is 14.7. The zero-order valence-electron chi connectivity index (χ0n) is 8.85. The van der Waals surface area contributed by atoms with Gasteiger partial charge in [0.1, 0.15) is 0 Å². The number of hydrogen-bond donors (Lipinski definition) is 1. The molecule has 0 rings (SSSR count). The molecule has 1 N–H and O–H groups in total. The minimum Gasteiger partial charge on any atom is -0.373 e. The van der Waals surface area contributed by atoms with Crippen molar-refractivity contribution in [1.29, 1.82) is 0 Å². The van der Waals surface area contributed by atoms with E-state index in [1.54, 1.807) is 0 Å². The Hall–Kier alpha value is -0.660. The van der Waals surface area contributed by atoms with Crippen molar-refractivity contribution in [3.63, 3.8) is 0 Å². The lowest BCUT2D eigenvalue weighted by Gasteiger charge is -2.30. The van der Waals surface area contributed by atoms with Crippen molar-refractivity contribution in [3.05, 3.63) is 12.4 Å². The van der Waals surface area contributed by atoms with Gasteiger partial charge < -0.3 is 10.2 Å². The van der Waals surface area contributed by atoms with Gasteiger partial charge in [-0.3, -0.25) is 0 Å². The summed E-state index contributed by atoms with van der Waals surface area (Å²) in [5.41, 5.74) is 0. The first-order valence-electron chi connectivity index (χ1n) is 4.82. The Bertz CT molecular complexity index is 130. The molecule has 72 valence electrons. The Kier molecular flexibility index (Phi) is 5.60. The molecule has 2 heteroatoms. The van der Waals surface area contributed by atoms with Gasteiger partial charge in [0.2, 0.25) is 0 Å². The third-order valence-corrected chi connectivity index (χ3v) is 1.82. The highest BCUT2D eigenvalue weighted by atomic mass is 15.2. The zero-order valence-corrected chi connectivity index (χ0v) is 8.85. The lowest BCUT2D eigenvalue weighted by molar-refractivity contribution is 0.267. The predicted octanol–water partition coefficient (Wildman–Crippen LogP) is 2.19. The third kappa shape index (κ3) is 3.65. The maximum atomic E-state index is 4.00. The van der Waals surface area contributed by atoms with Crippen LogP contribution >= 0.6 is 0 Å². The molecule has 0 aromatic carbocycles. The molecule has 0 aromatic heterocycles. The van der Waals surface area contributed by atoms with Crippen LogP contribution in [0.4, 0.5) is 0 Å². The molecule has 0 radical (unpaired) electrons. The molecule has 0 aliphatic heterocycles. The SMILES string of the molecule is C=C(NCC)N(CCC)C(C)C. The molecule has 0 saturated carbocycles.